The fraction of sp³-hybridized carbons (Fsp3) is 0.250. The van der Waals surface area contributed by atoms with Crippen molar-refractivity contribution in [3.8, 4) is 34.0 Å². The lowest BCUT2D eigenvalue weighted by molar-refractivity contribution is -0.137. The Kier molecular flexibility index (Phi) is 7.18. The number of aryl methyl sites for hydroxylation is 3. The summed E-state index contributed by atoms with van der Waals surface area (Å²) in [4.78, 5) is 15.4. The molecular weight excluding hydrogens is 428 g/mol. The van der Waals surface area contributed by atoms with Crippen LogP contribution >= 0.6 is 0 Å². The number of nitrogens with zero attached hydrogens (tertiary/aromatic N) is 2. The number of benzene rings is 3. The van der Waals surface area contributed by atoms with Gasteiger partial charge in [0, 0.05) is 24.7 Å². The second-order valence-electron chi connectivity index (χ2n) is 8.44. The first-order valence-corrected chi connectivity index (χ1v) is 11.3. The molecule has 0 unspecified atom stereocenters. The van der Waals surface area contributed by atoms with Crippen molar-refractivity contribution < 1.29 is 19.2 Å². The third-order valence-corrected chi connectivity index (χ3v) is 5.90. The van der Waals surface area contributed by atoms with Gasteiger partial charge < -0.3 is 14.4 Å². The number of aromatic nitrogens is 2. The number of ether oxygens (including phenoxy) is 1. The Morgan fingerprint density at radius 3 is 2.50 bits per heavy atom. The summed E-state index contributed by atoms with van der Waals surface area (Å²) in [7, 11) is 1.69. The monoisotopic (exact) mass is 456 g/mol. The van der Waals surface area contributed by atoms with Crippen molar-refractivity contribution in [2.24, 2.45) is 0 Å². The highest BCUT2D eigenvalue weighted by molar-refractivity contribution is 5.74. The van der Waals surface area contributed by atoms with E-state index in [9.17, 15) is 4.79 Å². The summed E-state index contributed by atoms with van der Waals surface area (Å²) in [6, 6.07) is 20.4. The van der Waals surface area contributed by atoms with Crippen molar-refractivity contribution in [1.29, 1.82) is 0 Å². The summed E-state index contributed by atoms with van der Waals surface area (Å²) in [5, 5.41) is 13.0. The summed E-state index contributed by atoms with van der Waals surface area (Å²) in [5.41, 5.74) is 8.41. The van der Waals surface area contributed by atoms with Crippen molar-refractivity contribution >= 4 is 5.97 Å². The predicted molar refractivity (Wildman–Crippen MR) is 131 cm³/mol. The van der Waals surface area contributed by atoms with Gasteiger partial charge in [0.1, 0.15) is 0 Å². The molecule has 0 bridgehead atoms. The molecule has 4 rings (SSSR count). The Labute approximate surface area is 199 Å². The van der Waals surface area contributed by atoms with Crippen molar-refractivity contribution in [1.82, 2.24) is 10.1 Å². The summed E-state index contributed by atoms with van der Waals surface area (Å²) in [6.45, 7) is 4.57. The number of rotatable bonds is 9. The highest BCUT2D eigenvalue weighted by Gasteiger charge is 2.16. The zero-order valence-corrected chi connectivity index (χ0v) is 19.7. The first-order chi connectivity index (χ1) is 16.5. The van der Waals surface area contributed by atoms with Gasteiger partial charge in [-0.3, -0.25) is 4.79 Å². The average Bonchev–Trinajstić information content (AvgIpc) is 3.30. The third-order valence-electron chi connectivity index (χ3n) is 5.90. The number of carboxylic acid groups (broad SMARTS) is 1. The third kappa shape index (κ3) is 5.24. The van der Waals surface area contributed by atoms with Crippen LogP contribution in [0, 0.1) is 13.8 Å². The van der Waals surface area contributed by atoms with E-state index in [4.69, 9.17) is 14.4 Å². The van der Waals surface area contributed by atoms with Gasteiger partial charge in [-0.05, 0) is 72.2 Å². The molecule has 1 heterocycles. The standard InChI is InChI=1S/C28H28N2O4/c1-18-7-4-5-9-23(18)25-14-12-21(16-22(25)17-33-3)28-29-27(30-34-28)24-13-11-20(15-19(24)2)8-6-10-26(31)32/h4-5,7,9,11-16H,6,8,10,17H2,1-3H3,(H,31,32). The molecule has 174 valence electrons. The van der Waals surface area contributed by atoms with Gasteiger partial charge in [0.25, 0.3) is 5.89 Å². The quantitative estimate of drug-likeness (QED) is 0.321. The van der Waals surface area contributed by atoms with E-state index in [1.54, 1.807) is 7.11 Å². The Morgan fingerprint density at radius 2 is 1.76 bits per heavy atom. The zero-order valence-electron chi connectivity index (χ0n) is 19.7. The van der Waals surface area contributed by atoms with Gasteiger partial charge in [0.05, 0.1) is 6.61 Å². The normalized spacial score (nSPS) is 11.0. The summed E-state index contributed by atoms with van der Waals surface area (Å²) in [5.74, 6) is 0.211. The van der Waals surface area contributed by atoms with Crippen molar-refractivity contribution in [2.75, 3.05) is 7.11 Å². The number of carboxylic acids is 1. The summed E-state index contributed by atoms with van der Waals surface area (Å²) < 4.78 is 11.1. The van der Waals surface area contributed by atoms with E-state index in [2.05, 4.69) is 41.3 Å². The van der Waals surface area contributed by atoms with Crippen LogP contribution in [0.5, 0.6) is 0 Å². The van der Waals surface area contributed by atoms with Crippen LogP contribution in [0.25, 0.3) is 34.0 Å². The number of hydrogen-bond donors (Lipinski definition) is 1. The Morgan fingerprint density at radius 1 is 0.971 bits per heavy atom. The minimum Gasteiger partial charge on any atom is -0.481 e. The highest BCUT2D eigenvalue weighted by atomic mass is 16.5. The molecule has 1 N–H and O–H groups in total. The lowest BCUT2D eigenvalue weighted by Crippen LogP contribution is -1.96. The SMILES string of the molecule is COCc1cc(-c2nc(-c3ccc(CCCC(=O)O)cc3C)no2)ccc1-c1ccccc1C. The highest BCUT2D eigenvalue weighted by Crippen LogP contribution is 2.32. The van der Waals surface area contributed by atoms with Crippen molar-refractivity contribution in [2.45, 2.75) is 39.7 Å². The van der Waals surface area contributed by atoms with Crippen LogP contribution in [0.2, 0.25) is 0 Å². The van der Waals surface area contributed by atoms with Gasteiger partial charge in [-0.1, -0.05) is 53.7 Å². The van der Waals surface area contributed by atoms with Crippen molar-refractivity contribution in [3.05, 3.63) is 82.9 Å². The number of aliphatic carboxylic acids is 1. The van der Waals surface area contributed by atoms with E-state index >= 15 is 0 Å². The molecular formula is C28H28N2O4. The van der Waals surface area contributed by atoms with Gasteiger partial charge >= 0.3 is 5.97 Å². The van der Waals surface area contributed by atoms with E-state index < -0.39 is 5.97 Å². The fourth-order valence-electron chi connectivity index (χ4n) is 4.17. The van der Waals surface area contributed by atoms with Crippen LogP contribution in [0.15, 0.2) is 65.2 Å². The number of hydrogen-bond acceptors (Lipinski definition) is 5. The Hall–Kier alpha value is -3.77. The van der Waals surface area contributed by atoms with E-state index in [0.717, 1.165) is 39.8 Å². The second-order valence-corrected chi connectivity index (χ2v) is 8.44. The minimum absolute atomic E-state index is 0.169. The van der Waals surface area contributed by atoms with Gasteiger partial charge in [0.15, 0.2) is 0 Å². The average molecular weight is 457 g/mol. The van der Waals surface area contributed by atoms with Crippen LogP contribution in [-0.2, 0) is 22.6 Å². The molecule has 34 heavy (non-hydrogen) atoms. The van der Waals surface area contributed by atoms with Crippen molar-refractivity contribution in [3.63, 3.8) is 0 Å². The number of methoxy groups -OCH3 is 1. The first-order valence-electron chi connectivity index (χ1n) is 11.3. The topological polar surface area (TPSA) is 85.5 Å². The summed E-state index contributed by atoms with van der Waals surface area (Å²) in [6.07, 6.45) is 1.51. The molecule has 6 heteroatoms. The Bertz CT molecular complexity index is 1310. The molecule has 0 aliphatic carbocycles. The van der Waals surface area contributed by atoms with Crippen LogP contribution in [0.4, 0.5) is 0 Å². The van der Waals surface area contributed by atoms with Crippen LogP contribution in [0.3, 0.4) is 0 Å². The maximum Gasteiger partial charge on any atom is 0.303 e. The molecule has 6 nitrogen and oxygen atoms in total. The molecule has 0 saturated carbocycles. The van der Waals surface area contributed by atoms with Gasteiger partial charge in [-0.2, -0.15) is 4.98 Å². The maximum atomic E-state index is 10.7. The molecule has 0 amide bonds. The van der Waals surface area contributed by atoms with E-state index in [1.807, 2.05) is 43.3 Å². The first kappa shape index (κ1) is 23.4. The lowest BCUT2D eigenvalue weighted by Gasteiger charge is -2.12. The zero-order chi connectivity index (χ0) is 24.1. The summed E-state index contributed by atoms with van der Waals surface area (Å²) >= 11 is 0. The molecule has 4 aromatic rings. The maximum absolute atomic E-state index is 10.7. The predicted octanol–water partition coefficient (Wildman–Crippen LogP) is 6.24. The largest absolute Gasteiger partial charge is 0.481 e. The smallest absolute Gasteiger partial charge is 0.303 e. The van der Waals surface area contributed by atoms with Gasteiger partial charge in [-0.15, -0.1) is 0 Å². The van der Waals surface area contributed by atoms with Crippen LogP contribution < -0.4 is 0 Å². The van der Waals surface area contributed by atoms with Crippen LogP contribution in [0.1, 0.15) is 35.1 Å². The molecule has 0 aliphatic rings. The van der Waals surface area contributed by atoms with E-state index in [0.29, 0.717) is 24.7 Å². The molecule has 1 aromatic heterocycles. The van der Waals surface area contributed by atoms with E-state index in [-0.39, 0.29) is 6.42 Å². The molecule has 0 radical (unpaired) electrons. The second kappa shape index (κ2) is 10.4. The van der Waals surface area contributed by atoms with Gasteiger partial charge in [-0.25, -0.2) is 0 Å². The van der Waals surface area contributed by atoms with E-state index in [1.165, 1.54) is 11.1 Å². The molecule has 0 atom stereocenters. The Balaban J connectivity index is 1.60. The number of carbonyl (C=O) groups is 1. The molecule has 0 spiro atoms. The molecule has 0 fully saturated rings. The lowest BCUT2D eigenvalue weighted by atomic mass is 9.94. The fourth-order valence-corrected chi connectivity index (χ4v) is 4.17. The van der Waals surface area contributed by atoms with Gasteiger partial charge in [0.2, 0.25) is 5.82 Å². The minimum atomic E-state index is -0.770. The van der Waals surface area contributed by atoms with Crippen LogP contribution in [-0.4, -0.2) is 28.3 Å². The molecule has 3 aromatic carbocycles. The molecule has 0 aliphatic heterocycles. The molecule has 0 saturated heterocycles.